The lowest BCUT2D eigenvalue weighted by molar-refractivity contribution is 0.0985. The smallest absolute Gasteiger partial charge is 0.233 e. The molecule has 2 heterocycles. The van der Waals surface area contributed by atoms with Crippen molar-refractivity contribution < 1.29 is 9.53 Å². The van der Waals surface area contributed by atoms with E-state index in [0.717, 1.165) is 0 Å². The van der Waals surface area contributed by atoms with Crippen LogP contribution in [0.1, 0.15) is 21.9 Å². The van der Waals surface area contributed by atoms with Gasteiger partial charge in [0.05, 0.1) is 29.9 Å². The number of methoxy groups -OCH3 is 1. The van der Waals surface area contributed by atoms with Crippen molar-refractivity contribution in [2.24, 2.45) is 7.05 Å². The number of hydrogen-bond acceptors (Lipinski definition) is 5. The molecule has 0 aromatic carbocycles. The molecular formula is C12H13ClN4O2. The Labute approximate surface area is 115 Å². The molecule has 2 aromatic heterocycles. The van der Waals surface area contributed by atoms with Crippen molar-refractivity contribution in [1.82, 2.24) is 20.0 Å². The fraction of sp³-hybridized carbons (Fsp3) is 0.333. The van der Waals surface area contributed by atoms with Gasteiger partial charge in [-0.15, -0.1) is 10.2 Å². The number of carbonyl (C=O) groups is 1. The van der Waals surface area contributed by atoms with Crippen molar-refractivity contribution in [3.05, 3.63) is 34.2 Å². The fourth-order valence-corrected chi connectivity index (χ4v) is 1.92. The van der Waals surface area contributed by atoms with Crippen molar-refractivity contribution in [3.8, 4) is 5.88 Å². The predicted octanol–water partition coefficient (Wildman–Crippen LogP) is 1.61. The van der Waals surface area contributed by atoms with Gasteiger partial charge >= 0.3 is 0 Å². The Morgan fingerprint density at radius 1 is 1.42 bits per heavy atom. The zero-order valence-corrected chi connectivity index (χ0v) is 11.6. The molecule has 0 spiro atoms. The second kappa shape index (κ2) is 5.36. The van der Waals surface area contributed by atoms with Crippen LogP contribution in [0, 0.1) is 6.92 Å². The Morgan fingerprint density at radius 2 is 2.16 bits per heavy atom. The summed E-state index contributed by atoms with van der Waals surface area (Å²) in [7, 11) is 3.24. The van der Waals surface area contributed by atoms with Gasteiger partial charge in [0, 0.05) is 13.1 Å². The van der Waals surface area contributed by atoms with Crippen LogP contribution in [-0.4, -0.2) is 32.9 Å². The van der Waals surface area contributed by atoms with Gasteiger partial charge in [-0.1, -0.05) is 11.6 Å². The van der Waals surface area contributed by atoms with Crippen molar-refractivity contribution >= 4 is 17.4 Å². The number of nitrogens with zero attached hydrogens (tertiary/aromatic N) is 4. The molecule has 19 heavy (non-hydrogen) atoms. The van der Waals surface area contributed by atoms with Crippen molar-refractivity contribution in [2.45, 2.75) is 13.3 Å². The van der Waals surface area contributed by atoms with E-state index >= 15 is 0 Å². The van der Waals surface area contributed by atoms with Gasteiger partial charge in [0.2, 0.25) is 5.88 Å². The van der Waals surface area contributed by atoms with E-state index in [0.29, 0.717) is 22.3 Å². The first kappa shape index (κ1) is 13.5. The molecule has 0 saturated heterocycles. The number of rotatable bonds is 4. The first-order chi connectivity index (χ1) is 9.02. The van der Waals surface area contributed by atoms with Gasteiger partial charge in [0.25, 0.3) is 0 Å². The molecule has 0 saturated carbocycles. The molecule has 0 N–H and O–H groups in total. The standard InChI is InChI=1S/C12H13ClN4O2/c1-7-12(13)9(17(2)16-7)6-10(18)8-4-5-11(19-3)15-14-8/h4-5H,6H2,1-3H3. The maximum absolute atomic E-state index is 12.1. The molecule has 0 atom stereocenters. The number of ketones is 1. The Bertz CT molecular complexity index is 607. The second-order valence-electron chi connectivity index (χ2n) is 4.03. The summed E-state index contributed by atoms with van der Waals surface area (Å²) in [5.41, 5.74) is 1.64. The third kappa shape index (κ3) is 2.73. The highest BCUT2D eigenvalue weighted by molar-refractivity contribution is 6.32. The van der Waals surface area contributed by atoms with Crippen LogP contribution in [0.2, 0.25) is 5.02 Å². The number of ether oxygens (including phenoxy) is 1. The summed E-state index contributed by atoms with van der Waals surface area (Å²) < 4.78 is 6.49. The van der Waals surface area contributed by atoms with Crippen LogP contribution in [0.3, 0.4) is 0 Å². The molecule has 0 radical (unpaired) electrons. The van der Waals surface area contributed by atoms with Crippen LogP contribution in [0.5, 0.6) is 5.88 Å². The zero-order chi connectivity index (χ0) is 14.0. The highest BCUT2D eigenvalue weighted by Crippen LogP contribution is 2.20. The molecule has 0 bridgehead atoms. The average Bonchev–Trinajstić information content (AvgIpc) is 2.65. The molecule has 0 aliphatic carbocycles. The molecular weight excluding hydrogens is 268 g/mol. The normalized spacial score (nSPS) is 10.5. The highest BCUT2D eigenvalue weighted by atomic mass is 35.5. The molecule has 6 nitrogen and oxygen atoms in total. The van der Waals surface area contributed by atoms with E-state index in [1.807, 2.05) is 0 Å². The van der Waals surface area contributed by atoms with Crippen LogP contribution >= 0.6 is 11.6 Å². The van der Waals surface area contributed by atoms with E-state index in [-0.39, 0.29) is 17.9 Å². The molecule has 0 unspecified atom stereocenters. The van der Waals surface area contributed by atoms with Gasteiger partial charge in [-0.3, -0.25) is 9.48 Å². The Hall–Kier alpha value is -1.95. The Kier molecular flexibility index (Phi) is 3.80. The maximum Gasteiger partial charge on any atom is 0.233 e. The van der Waals surface area contributed by atoms with Crippen molar-refractivity contribution in [2.75, 3.05) is 7.11 Å². The monoisotopic (exact) mass is 280 g/mol. The lowest BCUT2D eigenvalue weighted by Gasteiger charge is -2.02. The molecule has 7 heteroatoms. The molecule has 2 rings (SSSR count). The SMILES string of the molecule is COc1ccc(C(=O)Cc2c(Cl)c(C)nn2C)nn1. The summed E-state index contributed by atoms with van der Waals surface area (Å²) >= 11 is 6.10. The minimum absolute atomic E-state index is 0.136. The van der Waals surface area contributed by atoms with Gasteiger partial charge in [0.15, 0.2) is 5.78 Å². The van der Waals surface area contributed by atoms with Crippen LogP contribution < -0.4 is 4.74 Å². The van der Waals surface area contributed by atoms with Gasteiger partial charge in [0.1, 0.15) is 5.69 Å². The minimum atomic E-state index is -0.167. The summed E-state index contributed by atoms with van der Waals surface area (Å²) in [4.78, 5) is 12.1. The molecule has 0 amide bonds. The number of carbonyl (C=O) groups excluding carboxylic acids is 1. The van der Waals surface area contributed by atoms with Gasteiger partial charge < -0.3 is 4.74 Å². The fourth-order valence-electron chi connectivity index (χ4n) is 1.69. The second-order valence-corrected chi connectivity index (χ2v) is 4.41. The number of halogens is 1. The molecule has 0 aliphatic heterocycles. The topological polar surface area (TPSA) is 69.9 Å². The number of aryl methyl sites for hydroxylation is 2. The quantitative estimate of drug-likeness (QED) is 0.796. The van der Waals surface area contributed by atoms with E-state index in [2.05, 4.69) is 15.3 Å². The summed E-state index contributed by atoms with van der Waals surface area (Å²) in [5, 5.41) is 12.2. The van der Waals surface area contributed by atoms with E-state index < -0.39 is 0 Å². The summed E-state index contributed by atoms with van der Waals surface area (Å²) in [6, 6.07) is 3.17. The number of hydrogen-bond donors (Lipinski definition) is 0. The lowest BCUT2D eigenvalue weighted by atomic mass is 10.1. The molecule has 100 valence electrons. The third-order valence-corrected chi connectivity index (χ3v) is 3.22. The summed E-state index contributed by atoms with van der Waals surface area (Å²) in [6.07, 6.45) is 0.136. The van der Waals surface area contributed by atoms with E-state index in [4.69, 9.17) is 16.3 Å². The van der Waals surface area contributed by atoms with Gasteiger partial charge in [-0.2, -0.15) is 5.10 Å². The van der Waals surface area contributed by atoms with E-state index in [9.17, 15) is 4.79 Å². The molecule has 0 aliphatic rings. The van der Waals surface area contributed by atoms with Crippen LogP contribution in [0.15, 0.2) is 12.1 Å². The number of Topliss-reactive ketones (excluding diaryl/α,β-unsaturated/α-hetero) is 1. The largest absolute Gasteiger partial charge is 0.480 e. The van der Waals surface area contributed by atoms with E-state index in [1.54, 1.807) is 30.8 Å². The first-order valence-corrected chi connectivity index (χ1v) is 5.99. The Balaban J connectivity index is 2.20. The van der Waals surface area contributed by atoms with E-state index in [1.165, 1.54) is 7.11 Å². The predicted molar refractivity (Wildman–Crippen MR) is 69.6 cm³/mol. The minimum Gasteiger partial charge on any atom is -0.480 e. The Morgan fingerprint density at radius 3 is 2.63 bits per heavy atom. The average molecular weight is 281 g/mol. The van der Waals surface area contributed by atoms with Gasteiger partial charge in [-0.25, -0.2) is 0 Å². The lowest BCUT2D eigenvalue weighted by Crippen LogP contribution is -2.10. The summed E-state index contributed by atoms with van der Waals surface area (Å²) in [6.45, 7) is 1.80. The third-order valence-electron chi connectivity index (χ3n) is 2.72. The van der Waals surface area contributed by atoms with Crippen molar-refractivity contribution in [1.29, 1.82) is 0 Å². The zero-order valence-electron chi connectivity index (χ0n) is 10.8. The molecule has 2 aromatic rings. The van der Waals surface area contributed by atoms with Crippen molar-refractivity contribution in [3.63, 3.8) is 0 Å². The maximum atomic E-state index is 12.1. The highest BCUT2D eigenvalue weighted by Gasteiger charge is 2.17. The first-order valence-electron chi connectivity index (χ1n) is 5.61. The van der Waals surface area contributed by atoms with Crippen LogP contribution in [0.4, 0.5) is 0 Å². The van der Waals surface area contributed by atoms with Gasteiger partial charge in [-0.05, 0) is 13.0 Å². The molecule has 0 fully saturated rings. The summed E-state index contributed by atoms with van der Waals surface area (Å²) in [5.74, 6) is 0.200. The van der Waals surface area contributed by atoms with Crippen LogP contribution in [0.25, 0.3) is 0 Å². The number of aromatic nitrogens is 4. The van der Waals surface area contributed by atoms with Crippen LogP contribution in [-0.2, 0) is 13.5 Å².